The molecule has 1 N–H and O–H groups in total. The van der Waals surface area contributed by atoms with Crippen molar-refractivity contribution >= 4 is 27.3 Å². The van der Waals surface area contributed by atoms with E-state index >= 15 is 0 Å². The normalized spacial score (nSPS) is 23.6. The zero-order valence-corrected chi connectivity index (χ0v) is 26.4. The third-order valence-corrected chi connectivity index (χ3v) is 11.4. The summed E-state index contributed by atoms with van der Waals surface area (Å²) >= 11 is 0. The van der Waals surface area contributed by atoms with Gasteiger partial charge >= 0.3 is 0 Å². The molecule has 0 spiro atoms. The molecule has 1 amide bonds. The van der Waals surface area contributed by atoms with E-state index in [4.69, 9.17) is 18.9 Å². The summed E-state index contributed by atoms with van der Waals surface area (Å²) in [6.45, 7) is -0.502. The number of carbonyl (C=O) groups excluding carboxylic acids is 1. The van der Waals surface area contributed by atoms with Crippen LogP contribution in [-0.4, -0.2) is 49.3 Å². The van der Waals surface area contributed by atoms with Crippen molar-refractivity contribution in [3.05, 3.63) is 66.2 Å². The lowest BCUT2D eigenvalue weighted by Gasteiger charge is -2.54. The molecule has 0 heterocycles. The van der Waals surface area contributed by atoms with Crippen molar-refractivity contribution in [3.8, 4) is 23.0 Å². The van der Waals surface area contributed by atoms with Crippen molar-refractivity contribution in [2.45, 2.75) is 42.9 Å². The summed E-state index contributed by atoms with van der Waals surface area (Å²) in [6.07, 6.45) is 6.79. The number of sulfonamides is 1. The van der Waals surface area contributed by atoms with E-state index in [-0.39, 0.29) is 22.1 Å². The van der Waals surface area contributed by atoms with Crippen molar-refractivity contribution in [3.63, 3.8) is 0 Å². The molecule has 10 heteroatoms. The van der Waals surface area contributed by atoms with Gasteiger partial charge in [0.1, 0.15) is 18.0 Å². The molecule has 7 rings (SSSR count). The molecule has 3 aromatic rings. The predicted molar refractivity (Wildman–Crippen MR) is 168 cm³/mol. The topological polar surface area (TPSA) is 103 Å². The van der Waals surface area contributed by atoms with E-state index in [9.17, 15) is 13.2 Å². The van der Waals surface area contributed by atoms with Gasteiger partial charge in [-0.25, -0.2) is 8.42 Å². The van der Waals surface area contributed by atoms with Gasteiger partial charge in [0.15, 0.2) is 11.5 Å². The van der Waals surface area contributed by atoms with Gasteiger partial charge < -0.3 is 24.3 Å². The van der Waals surface area contributed by atoms with Gasteiger partial charge in [-0.05, 0) is 104 Å². The number of hydrogen-bond acceptors (Lipinski definition) is 7. The molecule has 0 aliphatic heterocycles. The molecule has 0 unspecified atom stereocenters. The smallest absolute Gasteiger partial charge is 0.265 e. The molecule has 0 aromatic heterocycles. The Morgan fingerprint density at radius 1 is 0.750 bits per heavy atom. The second kappa shape index (κ2) is 12.2. The Hall–Kier alpha value is -3.92. The number of nitrogens with zero attached hydrogens (tertiary/aromatic N) is 1. The van der Waals surface area contributed by atoms with Crippen molar-refractivity contribution in [1.82, 2.24) is 0 Å². The van der Waals surface area contributed by atoms with E-state index < -0.39 is 22.5 Å². The van der Waals surface area contributed by atoms with Crippen LogP contribution in [0.3, 0.4) is 0 Å². The minimum atomic E-state index is -4.29. The molecule has 4 saturated carbocycles. The van der Waals surface area contributed by atoms with Crippen molar-refractivity contribution in [2.24, 2.45) is 23.7 Å². The summed E-state index contributed by atoms with van der Waals surface area (Å²) < 4.78 is 50.8. The summed E-state index contributed by atoms with van der Waals surface area (Å²) in [7, 11) is 1.54. The quantitative estimate of drug-likeness (QED) is 0.277. The first-order valence-electron chi connectivity index (χ1n) is 15.1. The average Bonchev–Trinajstić information content (AvgIpc) is 3.03. The van der Waals surface area contributed by atoms with Crippen LogP contribution in [0.2, 0.25) is 0 Å². The molecule has 4 fully saturated rings. The Bertz CT molecular complexity index is 1600. The third-order valence-electron chi connectivity index (χ3n) is 9.69. The fourth-order valence-corrected chi connectivity index (χ4v) is 9.42. The molecule has 4 aliphatic carbocycles. The maximum atomic E-state index is 14.2. The molecule has 0 radical (unpaired) electrons. The zero-order chi connectivity index (χ0) is 31.0. The fraction of sp³-hybridized carbons (Fsp3) is 0.441. The summed E-state index contributed by atoms with van der Waals surface area (Å²) in [5.41, 5.74) is 2.12. The van der Waals surface area contributed by atoms with E-state index in [0.29, 0.717) is 23.1 Å². The highest BCUT2D eigenvalue weighted by Gasteiger charge is 2.48. The lowest BCUT2D eigenvalue weighted by Crippen LogP contribution is -2.43. The number of carbonyl (C=O) groups is 1. The van der Waals surface area contributed by atoms with E-state index in [1.54, 1.807) is 12.1 Å². The number of nitrogens with one attached hydrogen (secondary N) is 1. The van der Waals surface area contributed by atoms with Crippen LogP contribution in [0.15, 0.2) is 65.6 Å². The molecule has 3 aromatic carbocycles. The Morgan fingerprint density at radius 3 is 1.95 bits per heavy atom. The van der Waals surface area contributed by atoms with Crippen LogP contribution >= 0.6 is 0 Å². The number of rotatable bonds is 11. The first kappa shape index (κ1) is 30.1. The highest BCUT2D eigenvalue weighted by Crippen LogP contribution is 2.59. The average molecular weight is 621 g/mol. The monoisotopic (exact) mass is 620 g/mol. The Kier molecular flexibility index (Phi) is 8.37. The van der Waals surface area contributed by atoms with E-state index in [1.807, 2.05) is 12.1 Å². The second-order valence-corrected chi connectivity index (χ2v) is 14.1. The largest absolute Gasteiger partial charge is 0.497 e. The van der Waals surface area contributed by atoms with Gasteiger partial charge in [-0.2, -0.15) is 0 Å². The van der Waals surface area contributed by atoms with Gasteiger partial charge in [0.2, 0.25) is 5.91 Å². The number of anilines is 2. The molecule has 234 valence electrons. The van der Waals surface area contributed by atoms with Crippen LogP contribution in [0.1, 0.15) is 43.6 Å². The summed E-state index contributed by atoms with van der Waals surface area (Å²) in [4.78, 5) is 13.4. The molecule has 0 saturated heterocycles. The third kappa shape index (κ3) is 5.67. The summed E-state index contributed by atoms with van der Waals surface area (Å²) in [6, 6.07) is 17.2. The van der Waals surface area contributed by atoms with E-state index in [2.05, 4.69) is 17.4 Å². The highest BCUT2D eigenvalue weighted by atomic mass is 32.2. The minimum Gasteiger partial charge on any atom is -0.497 e. The zero-order valence-electron chi connectivity index (χ0n) is 25.6. The minimum absolute atomic E-state index is 0.0761. The maximum absolute atomic E-state index is 14.2. The van der Waals surface area contributed by atoms with Crippen molar-refractivity contribution in [1.29, 1.82) is 0 Å². The lowest BCUT2D eigenvalue weighted by atomic mass is 9.51. The highest BCUT2D eigenvalue weighted by molar-refractivity contribution is 7.92. The molecular weight excluding hydrogens is 580 g/mol. The maximum Gasteiger partial charge on any atom is 0.265 e. The number of ether oxygens (including phenoxy) is 4. The van der Waals surface area contributed by atoms with Gasteiger partial charge in [0.25, 0.3) is 10.0 Å². The predicted octanol–water partition coefficient (Wildman–Crippen LogP) is 6.09. The molecule has 44 heavy (non-hydrogen) atoms. The van der Waals surface area contributed by atoms with Gasteiger partial charge in [0, 0.05) is 17.8 Å². The Morgan fingerprint density at radius 2 is 1.36 bits per heavy atom. The molecule has 9 nitrogen and oxygen atoms in total. The summed E-state index contributed by atoms with van der Waals surface area (Å²) in [5.74, 6) is 4.75. The first-order chi connectivity index (χ1) is 21.2. The fourth-order valence-electron chi connectivity index (χ4n) is 7.98. The van der Waals surface area contributed by atoms with E-state index in [0.717, 1.165) is 28.0 Å². The summed E-state index contributed by atoms with van der Waals surface area (Å²) in [5, 5.41) is 2.91. The van der Waals surface area contributed by atoms with Crippen LogP contribution in [0.25, 0.3) is 0 Å². The van der Waals surface area contributed by atoms with E-state index in [1.165, 1.54) is 90.4 Å². The van der Waals surface area contributed by atoms with Gasteiger partial charge in [-0.3, -0.25) is 9.10 Å². The molecular formula is C34H40N2O7S. The van der Waals surface area contributed by atoms with Crippen molar-refractivity contribution < 1.29 is 32.2 Å². The molecule has 4 bridgehead atoms. The van der Waals surface area contributed by atoms with Crippen LogP contribution in [0.5, 0.6) is 23.0 Å². The van der Waals surface area contributed by atoms with Gasteiger partial charge in [0.05, 0.1) is 39.0 Å². The number of methoxy groups -OCH3 is 4. The molecule has 4 aliphatic rings. The number of amides is 1. The van der Waals surface area contributed by atoms with Gasteiger partial charge in [-0.15, -0.1) is 0 Å². The lowest BCUT2D eigenvalue weighted by molar-refractivity contribution is -0.114. The number of benzene rings is 3. The SMILES string of the molecule is COc1ccc(OC)c(N(CC(=O)Nc2ccc(C3C4CC5CC(C4)CC3C5)cc2)S(=O)(=O)c2ccc(OC)c(OC)c2)c1. The van der Waals surface area contributed by atoms with Crippen LogP contribution in [-0.2, 0) is 14.8 Å². The number of hydrogen-bond donors (Lipinski definition) is 1. The van der Waals surface area contributed by atoms with Gasteiger partial charge in [-0.1, -0.05) is 12.1 Å². The van der Waals surface area contributed by atoms with Crippen LogP contribution in [0, 0.1) is 23.7 Å². The second-order valence-electron chi connectivity index (χ2n) is 12.2. The van der Waals surface area contributed by atoms with Crippen LogP contribution in [0.4, 0.5) is 11.4 Å². The Balaban J connectivity index is 1.26. The Labute approximate surface area is 259 Å². The molecule has 0 atom stereocenters. The standard InChI is InChI=1S/C34H40N2O7S/c1-40-27-9-11-30(41-2)29(18-27)36(44(38,39)28-10-12-31(42-3)32(19-28)43-4)20-33(37)35-26-7-5-23(6-8-26)34-24-14-21-13-22(16-24)17-25(34)15-21/h5-12,18-19,21-22,24-25,34H,13-17,20H2,1-4H3,(H,35,37). The van der Waals surface area contributed by atoms with Crippen LogP contribution < -0.4 is 28.6 Å². The van der Waals surface area contributed by atoms with Crippen molar-refractivity contribution in [2.75, 3.05) is 44.6 Å². The first-order valence-corrected chi connectivity index (χ1v) is 16.5.